The lowest BCUT2D eigenvalue weighted by atomic mass is 9.91. The topological polar surface area (TPSA) is 0 Å². The minimum Gasteiger partial charge on any atom is -0.244 e. The highest BCUT2D eigenvalue weighted by molar-refractivity contribution is 5.12. The van der Waals surface area contributed by atoms with E-state index in [0.29, 0.717) is 0 Å². The van der Waals surface area contributed by atoms with Crippen molar-refractivity contribution in [1.29, 1.82) is 0 Å². The van der Waals surface area contributed by atoms with Crippen molar-refractivity contribution in [3.05, 3.63) is 0 Å². The van der Waals surface area contributed by atoms with E-state index in [0.717, 1.165) is 0 Å². The van der Waals surface area contributed by atoms with Gasteiger partial charge in [-0.05, 0) is 0 Å². The third-order valence-corrected chi connectivity index (χ3v) is 2.56. The molecule has 0 heterocycles. The summed E-state index contributed by atoms with van der Waals surface area (Å²) in [4.78, 5) is 0. The Hall–Kier alpha value is -1.12. The first-order valence-electron chi connectivity index (χ1n) is 4.96. The molecule has 146 valence electrons. The number of hydrogen-bond acceptors (Lipinski definition) is 0. The predicted octanol–water partition coefficient (Wildman–Crippen LogP) is 5.33. The molecule has 0 N–H and O–H groups in total. The van der Waals surface area contributed by atoms with E-state index in [1.165, 1.54) is 0 Å². The van der Waals surface area contributed by atoms with Gasteiger partial charge < -0.3 is 0 Å². The molecule has 0 saturated heterocycles. The third-order valence-electron chi connectivity index (χ3n) is 2.56. The molecule has 0 fully saturated rings. The van der Waals surface area contributed by atoms with Crippen LogP contribution < -0.4 is 0 Å². The normalized spacial score (nSPS) is 16.5. The van der Waals surface area contributed by atoms with Crippen LogP contribution in [-0.2, 0) is 0 Å². The van der Waals surface area contributed by atoms with E-state index in [1.807, 2.05) is 0 Å². The highest BCUT2D eigenvalue weighted by atomic mass is 19.4. The van der Waals surface area contributed by atoms with Crippen LogP contribution in [0.4, 0.5) is 70.2 Å². The lowest BCUT2D eigenvalue weighted by Gasteiger charge is -2.41. The van der Waals surface area contributed by atoms with Gasteiger partial charge in [0.15, 0.2) is 6.67 Å². The Balaban J connectivity index is 6.42. The van der Waals surface area contributed by atoms with Crippen LogP contribution in [0.5, 0.6) is 0 Å². The van der Waals surface area contributed by atoms with Crippen molar-refractivity contribution in [2.75, 3.05) is 6.67 Å². The molecule has 0 aromatic heterocycles. The maximum Gasteiger partial charge on any atom is 0.460 e. The van der Waals surface area contributed by atoms with Gasteiger partial charge >= 0.3 is 41.7 Å². The van der Waals surface area contributed by atoms with E-state index >= 15 is 0 Å². The van der Waals surface area contributed by atoms with Gasteiger partial charge in [-0.25, -0.2) is 4.39 Å². The Bertz CT molecular complexity index is 455. The molecule has 0 spiro atoms. The fraction of sp³-hybridized carbons (Fsp3) is 1.00. The maximum absolute atomic E-state index is 12.8. The number of alkyl halides is 16. The largest absolute Gasteiger partial charge is 0.460 e. The Morgan fingerprint density at radius 1 is 0.375 bits per heavy atom. The summed E-state index contributed by atoms with van der Waals surface area (Å²) in [6.45, 7) is -3.84. The summed E-state index contributed by atoms with van der Waals surface area (Å²) < 4.78 is 197. The smallest absolute Gasteiger partial charge is 0.244 e. The van der Waals surface area contributed by atoms with E-state index in [2.05, 4.69) is 0 Å². The molecule has 0 aliphatic carbocycles. The van der Waals surface area contributed by atoms with Crippen LogP contribution >= 0.6 is 0 Å². The standard InChI is InChI=1S/C8H2F16/c9-1-2(10,11)3(12,13)4(14,15)5(16,17)6(18,19)7(20,21)8(22,23)24/h1H2. The molecular weight excluding hydrogens is 400 g/mol. The molecular formula is C8H2F16. The zero-order valence-electron chi connectivity index (χ0n) is 10.3. The quantitative estimate of drug-likeness (QED) is 0.527. The summed E-state index contributed by atoms with van der Waals surface area (Å²) in [5, 5.41) is 0. The van der Waals surface area contributed by atoms with Crippen molar-refractivity contribution in [3.63, 3.8) is 0 Å². The summed E-state index contributed by atoms with van der Waals surface area (Å²) >= 11 is 0. The molecule has 0 bridgehead atoms. The molecule has 0 rings (SSSR count). The van der Waals surface area contributed by atoms with Crippen LogP contribution in [0, 0.1) is 0 Å². The second kappa shape index (κ2) is 5.44. The van der Waals surface area contributed by atoms with Crippen molar-refractivity contribution in [1.82, 2.24) is 0 Å². The van der Waals surface area contributed by atoms with E-state index < -0.39 is 48.4 Å². The summed E-state index contributed by atoms with van der Waals surface area (Å²) in [6.07, 6.45) is -7.64. The molecule has 0 aromatic carbocycles. The monoisotopic (exact) mass is 402 g/mol. The average Bonchev–Trinajstić information content (AvgIpc) is 2.36. The Kier molecular flexibility index (Phi) is 5.18. The van der Waals surface area contributed by atoms with E-state index in [4.69, 9.17) is 0 Å². The van der Waals surface area contributed by atoms with Gasteiger partial charge in [0, 0.05) is 0 Å². The van der Waals surface area contributed by atoms with Gasteiger partial charge in [0.1, 0.15) is 0 Å². The first kappa shape index (κ1) is 22.9. The van der Waals surface area contributed by atoms with Gasteiger partial charge in [0.05, 0.1) is 0 Å². The number of rotatable bonds is 6. The van der Waals surface area contributed by atoms with Crippen LogP contribution in [0.1, 0.15) is 0 Å². The zero-order valence-corrected chi connectivity index (χ0v) is 10.3. The molecule has 0 saturated carbocycles. The maximum atomic E-state index is 12.8. The highest BCUT2D eigenvalue weighted by Gasteiger charge is 2.93. The van der Waals surface area contributed by atoms with E-state index in [-0.39, 0.29) is 0 Å². The molecule has 0 amide bonds. The predicted molar refractivity (Wildman–Crippen MR) is 41.7 cm³/mol. The number of halogens is 16. The molecule has 16 heteroatoms. The third kappa shape index (κ3) is 2.64. The van der Waals surface area contributed by atoms with Crippen LogP contribution in [0.3, 0.4) is 0 Å². The Morgan fingerprint density at radius 3 is 0.875 bits per heavy atom. The van der Waals surface area contributed by atoms with Gasteiger partial charge in [-0.1, -0.05) is 0 Å². The molecule has 0 unspecified atom stereocenters. The minimum absolute atomic E-state index is 3.84. The lowest BCUT2D eigenvalue weighted by molar-refractivity contribution is -0.452. The van der Waals surface area contributed by atoms with Crippen molar-refractivity contribution >= 4 is 0 Å². The molecule has 0 atom stereocenters. The summed E-state index contributed by atoms with van der Waals surface area (Å²) in [5.74, 6) is -47.4. The molecule has 0 aliphatic rings. The average molecular weight is 402 g/mol. The molecule has 24 heavy (non-hydrogen) atoms. The number of hydrogen-bond donors (Lipinski definition) is 0. The zero-order chi connectivity index (χ0) is 20.2. The lowest BCUT2D eigenvalue weighted by Crippen LogP contribution is -2.72. The minimum atomic E-state index is -8.36. The first-order chi connectivity index (χ1) is 10.1. The van der Waals surface area contributed by atoms with Crippen molar-refractivity contribution in [2.24, 2.45) is 0 Å². The van der Waals surface area contributed by atoms with Gasteiger partial charge in [0.2, 0.25) is 0 Å². The summed E-state index contributed by atoms with van der Waals surface area (Å²) in [6, 6.07) is 0. The van der Waals surface area contributed by atoms with Crippen LogP contribution in [0.15, 0.2) is 0 Å². The van der Waals surface area contributed by atoms with E-state index in [1.54, 1.807) is 0 Å². The SMILES string of the molecule is FCC(F)(F)C(F)(F)C(F)(F)C(F)(F)C(F)(F)C(F)(F)C(F)(F)F. The van der Waals surface area contributed by atoms with Gasteiger partial charge in [-0.15, -0.1) is 0 Å². The second-order valence-corrected chi connectivity index (χ2v) is 4.21. The van der Waals surface area contributed by atoms with Crippen LogP contribution in [0.25, 0.3) is 0 Å². The second-order valence-electron chi connectivity index (χ2n) is 4.21. The molecule has 0 radical (unpaired) electrons. The first-order valence-corrected chi connectivity index (χ1v) is 4.96. The van der Waals surface area contributed by atoms with Gasteiger partial charge in [0.25, 0.3) is 0 Å². The Morgan fingerprint density at radius 2 is 0.625 bits per heavy atom. The Labute approximate surface area is 120 Å². The van der Waals surface area contributed by atoms with Gasteiger partial charge in [-0.2, -0.15) is 65.9 Å². The molecule has 0 aliphatic heterocycles. The van der Waals surface area contributed by atoms with Gasteiger partial charge in [-0.3, -0.25) is 0 Å². The fourth-order valence-electron chi connectivity index (χ4n) is 1.08. The van der Waals surface area contributed by atoms with Crippen LogP contribution in [0.2, 0.25) is 0 Å². The van der Waals surface area contributed by atoms with Crippen molar-refractivity contribution in [2.45, 2.75) is 41.7 Å². The fourth-order valence-corrected chi connectivity index (χ4v) is 1.08. The van der Waals surface area contributed by atoms with Crippen LogP contribution in [-0.4, -0.2) is 48.4 Å². The molecule has 0 aromatic rings. The summed E-state index contributed by atoms with van der Waals surface area (Å²) in [7, 11) is 0. The highest BCUT2D eigenvalue weighted by Crippen LogP contribution is 2.62. The van der Waals surface area contributed by atoms with Crippen molar-refractivity contribution in [3.8, 4) is 0 Å². The van der Waals surface area contributed by atoms with E-state index in [9.17, 15) is 70.2 Å². The molecule has 0 nitrogen and oxygen atoms in total. The van der Waals surface area contributed by atoms with Crippen molar-refractivity contribution < 1.29 is 70.2 Å². The summed E-state index contributed by atoms with van der Waals surface area (Å²) in [5.41, 5.74) is 0.